The summed E-state index contributed by atoms with van der Waals surface area (Å²) >= 11 is 0. The fraction of sp³-hybridized carbons (Fsp3) is 0.364. The van der Waals surface area contributed by atoms with Crippen molar-refractivity contribution in [2.24, 2.45) is 0 Å². The maximum atomic E-state index is 12.6. The number of hydrogen-bond donors (Lipinski definition) is 1. The van der Waals surface area contributed by atoms with Crippen LogP contribution in [0.2, 0.25) is 0 Å². The number of fused-ring (bicyclic) bond motifs is 1. The van der Waals surface area contributed by atoms with Gasteiger partial charge < -0.3 is 5.32 Å². The van der Waals surface area contributed by atoms with E-state index in [1.54, 1.807) is 32.7 Å². The lowest BCUT2D eigenvalue weighted by molar-refractivity contribution is 0.0254. The summed E-state index contributed by atoms with van der Waals surface area (Å²) in [7, 11) is 0. The Morgan fingerprint density at radius 2 is 2.00 bits per heavy atom. The molecule has 0 bridgehead atoms. The Morgan fingerprint density at radius 3 is 2.74 bits per heavy atom. The third kappa shape index (κ3) is 4.17. The summed E-state index contributed by atoms with van der Waals surface area (Å²) in [6.07, 6.45) is 4.33. The molecule has 0 atom stereocenters. The molecule has 174 valence electrons. The Kier molecular flexibility index (Phi) is 5.62. The summed E-state index contributed by atoms with van der Waals surface area (Å²) in [4.78, 5) is 15.0. The van der Waals surface area contributed by atoms with Gasteiger partial charge in [-0.2, -0.15) is 5.26 Å². The van der Waals surface area contributed by atoms with E-state index in [-0.39, 0.29) is 18.6 Å². The van der Waals surface area contributed by atoms with Gasteiger partial charge in [-0.1, -0.05) is 5.21 Å². The molecule has 1 saturated heterocycles. The Balaban J connectivity index is 1.44. The second-order valence-corrected chi connectivity index (χ2v) is 8.53. The zero-order valence-corrected chi connectivity index (χ0v) is 18.6. The number of imidazole rings is 1. The van der Waals surface area contributed by atoms with E-state index in [0.29, 0.717) is 41.3 Å². The average molecular weight is 464 g/mol. The maximum absolute atomic E-state index is 12.6. The third-order valence-electron chi connectivity index (χ3n) is 5.59. The normalized spacial score (nSPS) is 14.6. The molecule has 12 heteroatoms. The number of likely N-dealkylation sites (tertiary alicyclic amines) is 1. The smallest absolute Gasteiger partial charge is 0.251 e. The standard InChI is InChI=1S/C22H22F2N10/c1-13(2)29-17-4-21(33-12-28-18-3-14(5-25)6-27-22(18)33)26-7-16(17)19-10-34(31-30-19)15-8-32(9-15)11-20(23)24/h3-4,6-7,10,12-13,15,20H,8-9,11H2,1-2H3,(H,26,29). The minimum atomic E-state index is -2.34. The highest BCUT2D eigenvalue weighted by Gasteiger charge is 2.31. The van der Waals surface area contributed by atoms with E-state index in [1.807, 2.05) is 26.1 Å². The summed E-state index contributed by atoms with van der Waals surface area (Å²) in [6.45, 7) is 4.89. The lowest BCUT2D eigenvalue weighted by Crippen LogP contribution is -2.49. The molecule has 1 aliphatic rings. The number of anilines is 1. The monoisotopic (exact) mass is 464 g/mol. The average Bonchev–Trinajstić information content (AvgIpc) is 3.42. The van der Waals surface area contributed by atoms with E-state index in [0.717, 1.165) is 11.3 Å². The summed E-state index contributed by atoms with van der Waals surface area (Å²) in [5.74, 6) is 0.612. The number of halogens is 2. The number of pyridine rings is 2. The summed E-state index contributed by atoms with van der Waals surface area (Å²) in [5, 5.41) is 21.1. The Hall–Kier alpha value is -3.98. The second kappa shape index (κ2) is 8.75. The molecule has 0 radical (unpaired) electrons. The first-order valence-electron chi connectivity index (χ1n) is 10.8. The molecule has 0 unspecified atom stereocenters. The van der Waals surface area contributed by atoms with Gasteiger partial charge in [-0.15, -0.1) is 5.10 Å². The molecule has 4 aromatic rings. The molecule has 1 aliphatic heterocycles. The molecule has 4 aromatic heterocycles. The number of alkyl halides is 2. The van der Waals surface area contributed by atoms with Crippen LogP contribution in [0.25, 0.3) is 28.2 Å². The molecule has 5 heterocycles. The van der Waals surface area contributed by atoms with Gasteiger partial charge in [-0.05, 0) is 19.9 Å². The van der Waals surface area contributed by atoms with E-state index in [9.17, 15) is 8.78 Å². The predicted octanol–water partition coefficient (Wildman–Crippen LogP) is 2.89. The van der Waals surface area contributed by atoms with Crippen molar-refractivity contribution in [1.82, 2.24) is 39.4 Å². The van der Waals surface area contributed by atoms with Crippen LogP contribution in [0.5, 0.6) is 0 Å². The molecule has 0 aliphatic carbocycles. The molecule has 1 N–H and O–H groups in total. The minimum absolute atomic E-state index is 0.0235. The van der Waals surface area contributed by atoms with Crippen molar-refractivity contribution in [2.75, 3.05) is 25.0 Å². The van der Waals surface area contributed by atoms with Crippen LogP contribution in [-0.4, -0.2) is 71.5 Å². The van der Waals surface area contributed by atoms with Crippen LogP contribution in [0.3, 0.4) is 0 Å². The number of nitriles is 1. The van der Waals surface area contributed by atoms with Crippen LogP contribution >= 0.6 is 0 Å². The van der Waals surface area contributed by atoms with Crippen LogP contribution in [0.15, 0.2) is 37.1 Å². The van der Waals surface area contributed by atoms with Crippen molar-refractivity contribution in [3.63, 3.8) is 0 Å². The quantitative estimate of drug-likeness (QED) is 0.444. The van der Waals surface area contributed by atoms with Gasteiger partial charge in [0.05, 0.1) is 24.3 Å². The minimum Gasteiger partial charge on any atom is -0.382 e. The maximum Gasteiger partial charge on any atom is 0.251 e. The molecule has 10 nitrogen and oxygen atoms in total. The van der Waals surface area contributed by atoms with Crippen molar-refractivity contribution >= 4 is 16.9 Å². The second-order valence-electron chi connectivity index (χ2n) is 8.53. The van der Waals surface area contributed by atoms with Crippen LogP contribution in [0.4, 0.5) is 14.5 Å². The van der Waals surface area contributed by atoms with E-state index in [4.69, 9.17) is 5.26 Å². The number of hydrogen-bond acceptors (Lipinski definition) is 8. The Labute approximate surface area is 193 Å². The van der Waals surface area contributed by atoms with Gasteiger partial charge in [-0.3, -0.25) is 9.47 Å². The fourth-order valence-corrected chi connectivity index (χ4v) is 3.97. The van der Waals surface area contributed by atoms with E-state index in [2.05, 4.69) is 36.7 Å². The van der Waals surface area contributed by atoms with Gasteiger partial charge >= 0.3 is 0 Å². The van der Waals surface area contributed by atoms with Crippen molar-refractivity contribution in [3.05, 3.63) is 42.6 Å². The number of rotatable bonds is 7. The SMILES string of the molecule is CC(C)Nc1cc(-n2cnc3cc(C#N)cnc32)ncc1-c1cn(C2CN(CC(F)F)C2)nn1. The van der Waals surface area contributed by atoms with Crippen LogP contribution in [0, 0.1) is 11.3 Å². The first-order valence-corrected chi connectivity index (χ1v) is 10.8. The highest BCUT2D eigenvalue weighted by molar-refractivity contribution is 5.78. The highest BCUT2D eigenvalue weighted by Crippen LogP contribution is 2.30. The van der Waals surface area contributed by atoms with E-state index >= 15 is 0 Å². The Morgan fingerprint density at radius 1 is 1.18 bits per heavy atom. The summed E-state index contributed by atoms with van der Waals surface area (Å²) < 4.78 is 28.6. The third-order valence-corrected chi connectivity index (χ3v) is 5.59. The first-order chi connectivity index (χ1) is 16.4. The highest BCUT2D eigenvalue weighted by atomic mass is 19.3. The van der Waals surface area contributed by atoms with Crippen molar-refractivity contribution in [1.29, 1.82) is 5.26 Å². The zero-order chi connectivity index (χ0) is 23.8. The van der Waals surface area contributed by atoms with Gasteiger partial charge in [0.2, 0.25) is 0 Å². The molecular weight excluding hydrogens is 442 g/mol. The topological polar surface area (TPSA) is 113 Å². The van der Waals surface area contributed by atoms with Crippen LogP contribution < -0.4 is 5.32 Å². The molecule has 0 saturated carbocycles. The van der Waals surface area contributed by atoms with Crippen molar-refractivity contribution in [2.45, 2.75) is 32.4 Å². The fourth-order valence-electron chi connectivity index (χ4n) is 3.97. The number of aromatic nitrogens is 7. The van der Waals surface area contributed by atoms with E-state index in [1.165, 1.54) is 6.20 Å². The molecule has 5 rings (SSSR count). The molecule has 0 aromatic carbocycles. The summed E-state index contributed by atoms with van der Waals surface area (Å²) in [5.41, 5.74) is 3.87. The first kappa shape index (κ1) is 21.8. The molecule has 1 fully saturated rings. The van der Waals surface area contributed by atoms with Crippen molar-refractivity contribution < 1.29 is 8.78 Å². The lowest BCUT2D eigenvalue weighted by Gasteiger charge is -2.38. The largest absolute Gasteiger partial charge is 0.382 e. The lowest BCUT2D eigenvalue weighted by atomic mass is 10.1. The van der Waals surface area contributed by atoms with Gasteiger partial charge in [0.15, 0.2) is 5.65 Å². The van der Waals surface area contributed by atoms with Gasteiger partial charge in [-0.25, -0.2) is 28.4 Å². The predicted molar refractivity (Wildman–Crippen MR) is 121 cm³/mol. The van der Waals surface area contributed by atoms with Crippen molar-refractivity contribution in [3.8, 4) is 23.1 Å². The van der Waals surface area contributed by atoms with E-state index < -0.39 is 6.43 Å². The van der Waals surface area contributed by atoms with Gasteiger partial charge in [0.1, 0.15) is 29.4 Å². The number of nitrogens with one attached hydrogen (secondary N) is 1. The molecular formula is C22H22F2N10. The summed E-state index contributed by atoms with van der Waals surface area (Å²) in [6, 6.07) is 5.81. The zero-order valence-electron chi connectivity index (χ0n) is 18.6. The van der Waals surface area contributed by atoms with Gasteiger partial charge in [0.25, 0.3) is 6.43 Å². The van der Waals surface area contributed by atoms with Crippen LogP contribution in [-0.2, 0) is 0 Å². The molecule has 0 spiro atoms. The van der Waals surface area contributed by atoms with Crippen LogP contribution in [0.1, 0.15) is 25.5 Å². The molecule has 0 amide bonds. The Bertz CT molecular complexity index is 1360. The molecule has 34 heavy (non-hydrogen) atoms. The van der Waals surface area contributed by atoms with Gasteiger partial charge in [0, 0.05) is 48.8 Å². The number of nitrogens with zero attached hydrogens (tertiary/aromatic N) is 9.